The van der Waals surface area contributed by atoms with Crippen LogP contribution in [0.3, 0.4) is 0 Å². The van der Waals surface area contributed by atoms with Crippen LogP contribution in [0.5, 0.6) is 0 Å². The first-order valence-corrected chi connectivity index (χ1v) is 16.2. The molecule has 0 nitrogen and oxygen atoms in total. The minimum absolute atomic E-state index is 0. The van der Waals surface area contributed by atoms with Crippen molar-refractivity contribution in [2.75, 3.05) is 0 Å². The average molecular weight is 828 g/mol. The molecule has 276 valence electrons. The van der Waals surface area contributed by atoms with Crippen molar-refractivity contribution in [3.63, 3.8) is 0 Å². The fourth-order valence-corrected chi connectivity index (χ4v) is 5.19. The van der Waals surface area contributed by atoms with E-state index < -0.39 is 7.54 Å². The van der Waals surface area contributed by atoms with E-state index in [2.05, 4.69) is 34.6 Å². The molecule has 0 atom stereocenters. The summed E-state index contributed by atoms with van der Waals surface area (Å²) in [6, 6.07) is 12.0. The Morgan fingerprint density at radius 3 is 0.978 bits per heavy atom. The largest absolute Gasteiger partial charge is 2.00 e. The summed E-state index contributed by atoms with van der Waals surface area (Å²) in [6.45, 7) is 12.6. The van der Waals surface area contributed by atoms with Crippen LogP contribution >= 0.6 is 0 Å². The van der Waals surface area contributed by atoms with Crippen LogP contribution < -0.4 is 23.6 Å². The Labute approximate surface area is 327 Å². The topological polar surface area (TPSA) is 0 Å². The molecule has 0 radical (unpaired) electrons. The molecular formula is C38H75BF4LiRu2-. The average Bonchev–Trinajstić information content (AvgIpc) is 3.69. The third-order valence-electron chi connectivity index (χ3n) is 7.82. The SMILES string of the molecule is CCC1CCCC1.CCC1CCCC1.CCCCC1CCCCC1.FB(F)F.[CH2-]CCC.[CH3-].[CH3-].[CH3-].[CH3-].[F-].[Li+].[Ru+2].[Ru+2].c1ccccc1. The van der Waals surface area contributed by atoms with Gasteiger partial charge >= 0.3 is 65.4 Å². The molecule has 1 aromatic carbocycles. The molecule has 46 heavy (non-hydrogen) atoms. The second-order valence-corrected chi connectivity index (χ2v) is 11.0. The molecule has 3 aliphatic rings. The zero-order chi connectivity index (χ0) is 28.7. The van der Waals surface area contributed by atoms with Crippen molar-refractivity contribution in [3.8, 4) is 0 Å². The number of hydrogen-bond acceptors (Lipinski definition) is 0. The molecule has 3 saturated carbocycles. The Morgan fingerprint density at radius 2 is 0.783 bits per heavy atom. The van der Waals surface area contributed by atoms with E-state index in [1.54, 1.807) is 0 Å². The van der Waals surface area contributed by atoms with Gasteiger partial charge in [0.25, 0.3) is 0 Å². The quantitative estimate of drug-likeness (QED) is 0.153. The number of hydrogen-bond donors (Lipinski definition) is 0. The van der Waals surface area contributed by atoms with Gasteiger partial charge in [0.2, 0.25) is 0 Å². The Morgan fingerprint density at radius 1 is 0.543 bits per heavy atom. The summed E-state index contributed by atoms with van der Waals surface area (Å²) in [5, 5.41) is 0. The minimum Gasteiger partial charge on any atom is -1.00 e. The van der Waals surface area contributed by atoms with Crippen molar-refractivity contribution in [1.82, 2.24) is 0 Å². The molecule has 0 heterocycles. The van der Waals surface area contributed by atoms with Crippen LogP contribution in [0.4, 0.5) is 12.9 Å². The number of halogens is 4. The number of rotatable bonds is 6. The second kappa shape index (κ2) is 61.1. The van der Waals surface area contributed by atoms with Gasteiger partial charge < -0.3 is 41.3 Å². The Hall–Kier alpha value is 0.849. The summed E-state index contributed by atoms with van der Waals surface area (Å²) in [6.07, 6.45) is 29.1. The first kappa shape index (κ1) is 72.5. The fourth-order valence-electron chi connectivity index (χ4n) is 5.19. The molecule has 4 rings (SSSR count). The summed E-state index contributed by atoms with van der Waals surface area (Å²) >= 11 is 0. The van der Waals surface area contributed by atoms with Crippen LogP contribution in [0, 0.1) is 54.4 Å². The van der Waals surface area contributed by atoms with E-state index in [9.17, 15) is 12.9 Å². The molecule has 8 heteroatoms. The number of benzene rings is 1. The molecule has 0 saturated heterocycles. The van der Waals surface area contributed by atoms with E-state index in [1.807, 2.05) is 36.4 Å². The maximum Gasteiger partial charge on any atom is 2.00 e. The van der Waals surface area contributed by atoms with Gasteiger partial charge in [-0.05, 0) is 17.8 Å². The van der Waals surface area contributed by atoms with Gasteiger partial charge in [0, 0.05) is 0 Å². The molecule has 0 bridgehead atoms. The molecule has 0 aliphatic heterocycles. The monoisotopic (exact) mass is 829 g/mol. The van der Waals surface area contributed by atoms with E-state index in [-0.39, 0.29) is 92.2 Å². The Balaban J connectivity index is -0.0000000418. The van der Waals surface area contributed by atoms with E-state index in [4.69, 9.17) is 0 Å². The third kappa shape index (κ3) is 60.2. The first-order chi connectivity index (χ1) is 18.4. The molecule has 0 amide bonds. The number of unbranched alkanes of at least 4 members (excludes halogenated alkanes) is 2. The molecule has 1 aromatic rings. The van der Waals surface area contributed by atoms with Crippen LogP contribution in [0.1, 0.15) is 156 Å². The predicted octanol–water partition coefficient (Wildman–Crippen LogP) is 8.92. The maximum atomic E-state index is 9.67. The van der Waals surface area contributed by atoms with Crippen molar-refractivity contribution in [3.05, 3.63) is 73.0 Å². The first-order valence-electron chi connectivity index (χ1n) is 16.2. The normalized spacial score (nSPS) is 14.1. The van der Waals surface area contributed by atoms with Crippen LogP contribution in [-0.2, 0) is 39.0 Å². The zero-order valence-electron chi connectivity index (χ0n) is 31.8. The van der Waals surface area contributed by atoms with Gasteiger partial charge in [0.05, 0.1) is 0 Å². The summed E-state index contributed by atoms with van der Waals surface area (Å²) in [4.78, 5) is 0. The molecule has 0 N–H and O–H groups in total. The zero-order valence-corrected chi connectivity index (χ0v) is 35.3. The van der Waals surface area contributed by atoms with Crippen LogP contribution in [0.25, 0.3) is 0 Å². The van der Waals surface area contributed by atoms with Crippen molar-refractivity contribution >= 4 is 7.54 Å². The van der Waals surface area contributed by atoms with Crippen molar-refractivity contribution in [2.45, 2.75) is 156 Å². The van der Waals surface area contributed by atoms with Crippen molar-refractivity contribution < 1.29 is 75.5 Å². The minimum atomic E-state index is -3.67. The van der Waals surface area contributed by atoms with Crippen LogP contribution in [0.2, 0.25) is 0 Å². The van der Waals surface area contributed by atoms with Gasteiger partial charge in [-0.25, -0.2) is 0 Å². The van der Waals surface area contributed by atoms with Gasteiger partial charge in [-0.2, -0.15) is 6.42 Å². The second-order valence-electron chi connectivity index (χ2n) is 11.0. The smallest absolute Gasteiger partial charge is 1.00 e. The maximum absolute atomic E-state index is 9.67. The van der Waals surface area contributed by atoms with E-state index >= 15 is 0 Å². The van der Waals surface area contributed by atoms with Crippen molar-refractivity contribution in [1.29, 1.82) is 0 Å². The van der Waals surface area contributed by atoms with Gasteiger partial charge in [-0.1, -0.05) is 186 Å². The molecule has 3 aliphatic carbocycles. The van der Waals surface area contributed by atoms with Crippen LogP contribution in [-0.4, -0.2) is 7.54 Å². The molecular weight excluding hydrogens is 752 g/mol. The van der Waals surface area contributed by atoms with E-state index in [0.29, 0.717) is 0 Å². The Bertz CT molecular complexity index is 483. The third-order valence-corrected chi connectivity index (χ3v) is 7.82. The Kier molecular flexibility index (Phi) is 96.3. The fraction of sp³-hybridized carbons (Fsp3) is 0.711. The van der Waals surface area contributed by atoms with E-state index in [0.717, 1.165) is 24.2 Å². The molecule has 0 spiro atoms. The van der Waals surface area contributed by atoms with Gasteiger partial charge in [-0.3, -0.25) is 12.9 Å². The van der Waals surface area contributed by atoms with E-state index in [1.165, 1.54) is 122 Å². The van der Waals surface area contributed by atoms with Crippen LogP contribution in [0.15, 0.2) is 36.4 Å². The molecule has 0 unspecified atom stereocenters. The van der Waals surface area contributed by atoms with Gasteiger partial charge in [0.15, 0.2) is 0 Å². The summed E-state index contributed by atoms with van der Waals surface area (Å²) in [5.74, 6) is 3.30. The standard InChI is InChI=1S/C10H20.2C7H14.C6H6.C4H9.4CH3.BF3.FH.Li.2Ru/c1-2-3-7-10-8-5-4-6-9-10;2*1-2-7-5-3-4-6-7;1-2-4-6-5-3-1;1-3-4-2;;;;;2-1(3)4;;;;/h10H,2-9H2,1H3;2*7H,2-6H2,1H3;1-6H;1,3-4H2,2H3;4*1H3;;1H;;;/q;;;;5*-1;;;+1;2*+2/p-1. The van der Waals surface area contributed by atoms with Gasteiger partial charge in [0.1, 0.15) is 0 Å². The summed E-state index contributed by atoms with van der Waals surface area (Å²) in [7, 11) is -3.67. The molecule has 0 aromatic heterocycles. The summed E-state index contributed by atoms with van der Waals surface area (Å²) < 4.78 is 29.0. The molecule has 3 fully saturated rings. The summed E-state index contributed by atoms with van der Waals surface area (Å²) in [5.41, 5.74) is 0. The van der Waals surface area contributed by atoms with Crippen molar-refractivity contribution in [2.24, 2.45) is 17.8 Å². The predicted molar refractivity (Wildman–Crippen MR) is 192 cm³/mol. The van der Waals surface area contributed by atoms with Gasteiger partial charge in [-0.15, -0.1) is 0 Å².